The summed E-state index contributed by atoms with van der Waals surface area (Å²) in [6.07, 6.45) is -6.98. The van der Waals surface area contributed by atoms with Crippen LogP contribution in [0.25, 0.3) is 0 Å². The van der Waals surface area contributed by atoms with Gasteiger partial charge in [-0.05, 0) is 18.6 Å². The molecule has 1 saturated heterocycles. The quantitative estimate of drug-likeness (QED) is 0.511. The SMILES string of the molecule is Cc1cc(O)cc(O[C@@H]2O[C@H](CO)[C@@H](O)[C@H](O)[C@H]2O)c1Cl. The molecular formula is C13H17ClO7. The Morgan fingerprint density at radius 2 is 1.86 bits per heavy atom. The van der Waals surface area contributed by atoms with Crippen molar-refractivity contribution in [3.8, 4) is 11.5 Å². The van der Waals surface area contributed by atoms with Gasteiger partial charge in [-0.3, -0.25) is 0 Å². The third-order valence-electron chi connectivity index (χ3n) is 3.30. The normalized spacial score (nSPS) is 33.0. The number of aliphatic hydroxyl groups excluding tert-OH is 4. The van der Waals surface area contributed by atoms with Crippen LogP contribution in [0.4, 0.5) is 0 Å². The fourth-order valence-electron chi connectivity index (χ4n) is 2.09. The highest BCUT2D eigenvalue weighted by molar-refractivity contribution is 6.32. The summed E-state index contributed by atoms with van der Waals surface area (Å²) in [4.78, 5) is 0. The fourth-order valence-corrected chi connectivity index (χ4v) is 2.25. The van der Waals surface area contributed by atoms with Crippen molar-refractivity contribution in [1.82, 2.24) is 0 Å². The van der Waals surface area contributed by atoms with E-state index >= 15 is 0 Å². The van der Waals surface area contributed by atoms with Crippen LogP contribution in [0, 0.1) is 6.92 Å². The van der Waals surface area contributed by atoms with Crippen LogP contribution in [0.5, 0.6) is 11.5 Å². The summed E-state index contributed by atoms with van der Waals surface area (Å²) in [5.74, 6) is -0.0324. The number of hydrogen-bond donors (Lipinski definition) is 5. The molecule has 8 heteroatoms. The monoisotopic (exact) mass is 320 g/mol. The predicted octanol–water partition coefficient (Wildman–Crippen LogP) is -0.467. The first-order chi connectivity index (χ1) is 9.85. The second kappa shape index (κ2) is 6.35. The lowest BCUT2D eigenvalue weighted by molar-refractivity contribution is -0.277. The largest absolute Gasteiger partial charge is 0.508 e. The number of benzene rings is 1. The van der Waals surface area contributed by atoms with Crippen LogP contribution in [0.15, 0.2) is 12.1 Å². The summed E-state index contributed by atoms with van der Waals surface area (Å²) in [6, 6.07) is 2.67. The highest BCUT2D eigenvalue weighted by Gasteiger charge is 2.44. The lowest BCUT2D eigenvalue weighted by Crippen LogP contribution is -2.60. The summed E-state index contributed by atoms with van der Waals surface area (Å²) in [5, 5.41) is 48.0. The molecule has 7 nitrogen and oxygen atoms in total. The van der Waals surface area contributed by atoms with Gasteiger partial charge in [0.2, 0.25) is 6.29 Å². The van der Waals surface area contributed by atoms with Gasteiger partial charge in [0.25, 0.3) is 0 Å². The van der Waals surface area contributed by atoms with Crippen molar-refractivity contribution in [1.29, 1.82) is 0 Å². The topological polar surface area (TPSA) is 120 Å². The summed E-state index contributed by atoms with van der Waals surface area (Å²) in [5.41, 5.74) is 0.552. The van der Waals surface area contributed by atoms with Crippen LogP contribution in [0.1, 0.15) is 5.56 Å². The molecule has 1 aromatic rings. The molecule has 118 valence electrons. The van der Waals surface area contributed by atoms with Crippen LogP contribution in [-0.4, -0.2) is 62.8 Å². The van der Waals surface area contributed by atoms with Crippen molar-refractivity contribution >= 4 is 11.6 Å². The standard InChI is InChI=1S/C13H17ClO7/c1-5-2-6(16)3-7(9(5)14)20-13-12(19)11(18)10(17)8(4-15)21-13/h2-3,8,10-13,15-19H,4H2,1H3/t8-,10-,11+,12-,13-/m1/s1. The number of rotatable bonds is 3. The number of aliphatic hydroxyl groups is 4. The second-order valence-corrected chi connectivity index (χ2v) is 5.27. The molecule has 0 aliphatic carbocycles. The summed E-state index contributed by atoms with van der Waals surface area (Å²) in [7, 11) is 0. The molecule has 5 N–H and O–H groups in total. The van der Waals surface area contributed by atoms with E-state index in [1.54, 1.807) is 6.92 Å². The zero-order valence-electron chi connectivity index (χ0n) is 11.2. The number of aryl methyl sites for hydroxylation is 1. The highest BCUT2D eigenvalue weighted by Crippen LogP contribution is 2.34. The minimum absolute atomic E-state index is 0.0542. The number of ether oxygens (including phenoxy) is 2. The van der Waals surface area contributed by atoms with Gasteiger partial charge in [0.1, 0.15) is 35.9 Å². The van der Waals surface area contributed by atoms with Crippen LogP contribution in [0.3, 0.4) is 0 Å². The van der Waals surface area contributed by atoms with E-state index < -0.39 is 37.3 Å². The maximum atomic E-state index is 9.86. The number of hydrogen-bond acceptors (Lipinski definition) is 7. The molecule has 0 unspecified atom stereocenters. The smallest absolute Gasteiger partial charge is 0.229 e. The van der Waals surface area contributed by atoms with Crippen molar-refractivity contribution in [3.05, 3.63) is 22.7 Å². The maximum absolute atomic E-state index is 9.86. The molecule has 1 aliphatic rings. The van der Waals surface area contributed by atoms with E-state index in [0.717, 1.165) is 0 Å². The molecular weight excluding hydrogens is 304 g/mol. The van der Waals surface area contributed by atoms with Crippen molar-refractivity contribution < 1.29 is 35.0 Å². The molecule has 1 fully saturated rings. The van der Waals surface area contributed by atoms with E-state index in [4.69, 9.17) is 26.2 Å². The lowest BCUT2D eigenvalue weighted by Gasteiger charge is -2.39. The maximum Gasteiger partial charge on any atom is 0.229 e. The lowest BCUT2D eigenvalue weighted by atomic mass is 9.99. The van der Waals surface area contributed by atoms with E-state index in [0.29, 0.717) is 5.56 Å². The van der Waals surface area contributed by atoms with Gasteiger partial charge in [-0.2, -0.15) is 0 Å². The minimum atomic E-state index is -1.54. The van der Waals surface area contributed by atoms with E-state index in [1.807, 2.05) is 0 Å². The van der Waals surface area contributed by atoms with Crippen molar-refractivity contribution in [2.24, 2.45) is 0 Å². The predicted molar refractivity (Wildman–Crippen MR) is 72.2 cm³/mol. The Kier molecular flexibility index (Phi) is 4.92. The molecule has 0 aromatic heterocycles. The van der Waals surface area contributed by atoms with Crippen LogP contribution < -0.4 is 4.74 Å². The minimum Gasteiger partial charge on any atom is -0.508 e. The summed E-state index contributed by atoms with van der Waals surface area (Å²) >= 11 is 6.03. The van der Waals surface area contributed by atoms with Gasteiger partial charge in [-0.25, -0.2) is 0 Å². The van der Waals surface area contributed by atoms with Crippen molar-refractivity contribution in [3.63, 3.8) is 0 Å². The molecule has 0 amide bonds. The molecule has 0 radical (unpaired) electrons. The Morgan fingerprint density at radius 3 is 2.48 bits per heavy atom. The molecule has 0 saturated carbocycles. The molecule has 5 atom stereocenters. The Bertz CT molecular complexity index is 508. The fraction of sp³-hybridized carbons (Fsp3) is 0.538. The van der Waals surface area contributed by atoms with Gasteiger partial charge in [0.15, 0.2) is 0 Å². The van der Waals surface area contributed by atoms with E-state index in [1.165, 1.54) is 12.1 Å². The van der Waals surface area contributed by atoms with Gasteiger partial charge < -0.3 is 35.0 Å². The van der Waals surface area contributed by atoms with Gasteiger partial charge in [0, 0.05) is 6.07 Å². The number of aromatic hydroxyl groups is 1. The average Bonchev–Trinajstić information content (AvgIpc) is 2.44. The molecule has 1 heterocycles. The molecule has 1 aliphatic heterocycles. The van der Waals surface area contributed by atoms with Crippen molar-refractivity contribution in [2.75, 3.05) is 6.61 Å². The summed E-state index contributed by atoms with van der Waals surface area (Å²) < 4.78 is 10.6. The molecule has 0 spiro atoms. The zero-order valence-corrected chi connectivity index (χ0v) is 11.9. The Labute approximate surface area is 125 Å². The van der Waals surface area contributed by atoms with Gasteiger partial charge in [0.05, 0.1) is 11.6 Å². The van der Waals surface area contributed by atoms with E-state index in [-0.39, 0.29) is 16.5 Å². The number of phenols is 1. The van der Waals surface area contributed by atoms with Gasteiger partial charge in [-0.15, -0.1) is 0 Å². The Balaban J connectivity index is 2.22. The van der Waals surface area contributed by atoms with Crippen LogP contribution >= 0.6 is 11.6 Å². The van der Waals surface area contributed by atoms with Crippen molar-refractivity contribution in [2.45, 2.75) is 37.6 Å². The van der Waals surface area contributed by atoms with E-state index in [9.17, 15) is 20.4 Å². The van der Waals surface area contributed by atoms with E-state index in [2.05, 4.69) is 0 Å². The molecule has 2 rings (SSSR count). The summed E-state index contributed by atoms with van der Waals surface area (Å²) in [6.45, 7) is 1.10. The first-order valence-corrected chi connectivity index (χ1v) is 6.69. The number of phenolic OH excluding ortho intramolecular Hbond substituents is 1. The first kappa shape index (κ1) is 16.3. The highest BCUT2D eigenvalue weighted by atomic mass is 35.5. The number of halogens is 1. The molecule has 21 heavy (non-hydrogen) atoms. The van der Waals surface area contributed by atoms with Gasteiger partial charge in [-0.1, -0.05) is 11.6 Å². The second-order valence-electron chi connectivity index (χ2n) is 4.89. The van der Waals surface area contributed by atoms with Crippen LogP contribution in [-0.2, 0) is 4.74 Å². The van der Waals surface area contributed by atoms with Crippen LogP contribution in [0.2, 0.25) is 5.02 Å². The third kappa shape index (κ3) is 3.23. The zero-order chi connectivity index (χ0) is 15.7. The third-order valence-corrected chi connectivity index (χ3v) is 3.78. The average molecular weight is 321 g/mol. The first-order valence-electron chi connectivity index (χ1n) is 6.31. The molecule has 0 bridgehead atoms. The Morgan fingerprint density at radius 1 is 1.19 bits per heavy atom. The molecule has 1 aromatic carbocycles. The Hall–Kier alpha value is -1.09. The van der Waals surface area contributed by atoms with Gasteiger partial charge >= 0.3 is 0 Å².